The second kappa shape index (κ2) is 8.22. The van der Waals surface area contributed by atoms with Gasteiger partial charge in [0.2, 0.25) is 0 Å². The first-order chi connectivity index (χ1) is 9.74. The lowest BCUT2D eigenvalue weighted by molar-refractivity contribution is 0.238. The van der Waals surface area contributed by atoms with Crippen molar-refractivity contribution in [1.29, 1.82) is 0 Å². The van der Waals surface area contributed by atoms with Crippen LogP contribution in [-0.4, -0.2) is 12.6 Å². The van der Waals surface area contributed by atoms with Crippen molar-refractivity contribution >= 4 is 0 Å². The highest BCUT2D eigenvalue weighted by Crippen LogP contribution is 2.35. The van der Waals surface area contributed by atoms with Crippen molar-refractivity contribution in [1.82, 2.24) is 5.32 Å². The van der Waals surface area contributed by atoms with Crippen LogP contribution in [0.4, 0.5) is 0 Å². The zero-order valence-electron chi connectivity index (χ0n) is 13.8. The smallest absolute Gasteiger partial charge is 0.0153 e. The Balaban J connectivity index is 1.68. The van der Waals surface area contributed by atoms with E-state index in [1.165, 1.54) is 77.2 Å². The Morgan fingerprint density at radius 3 is 2.65 bits per heavy atom. The minimum absolute atomic E-state index is 0.401. The van der Waals surface area contributed by atoms with Gasteiger partial charge in [-0.15, -0.1) is 0 Å². The molecule has 2 atom stereocenters. The number of nitrogens with one attached hydrogen (secondary N) is 1. The molecule has 0 aromatic carbocycles. The molecule has 1 fully saturated rings. The van der Waals surface area contributed by atoms with Crippen LogP contribution in [0, 0.1) is 11.3 Å². The van der Waals surface area contributed by atoms with Crippen molar-refractivity contribution in [2.45, 2.75) is 90.5 Å². The highest BCUT2D eigenvalue weighted by atomic mass is 14.9. The lowest BCUT2D eigenvalue weighted by Gasteiger charge is -2.38. The summed E-state index contributed by atoms with van der Waals surface area (Å²) >= 11 is 0. The van der Waals surface area contributed by atoms with Crippen LogP contribution < -0.4 is 5.32 Å². The predicted octanol–water partition coefficient (Wildman–Crippen LogP) is 5.46. The van der Waals surface area contributed by atoms with Crippen LogP contribution in [0.3, 0.4) is 0 Å². The first kappa shape index (κ1) is 16.1. The molecule has 116 valence electrons. The molecule has 0 radical (unpaired) electrons. The minimum Gasteiger partial charge on any atom is -0.313 e. The molecule has 2 aliphatic rings. The molecule has 1 nitrogen and oxygen atoms in total. The number of allylic oxidation sites excluding steroid dienone is 1. The fraction of sp³-hybridized carbons (Fsp3) is 0.895. The Labute approximate surface area is 126 Å². The van der Waals surface area contributed by atoms with Gasteiger partial charge in [-0.3, -0.25) is 0 Å². The first-order valence-electron chi connectivity index (χ1n) is 9.15. The van der Waals surface area contributed by atoms with Crippen LogP contribution in [0.1, 0.15) is 84.5 Å². The Bertz CT molecular complexity index is 290. The van der Waals surface area contributed by atoms with Gasteiger partial charge in [0.15, 0.2) is 0 Å². The molecule has 1 heteroatoms. The molecule has 0 saturated heterocycles. The zero-order chi connectivity index (χ0) is 14.3. The third-order valence-corrected chi connectivity index (χ3v) is 5.69. The molecule has 0 aromatic rings. The van der Waals surface area contributed by atoms with E-state index in [0.29, 0.717) is 11.5 Å². The Morgan fingerprint density at radius 2 is 2.00 bits per heavy atom. The SMILES string of the molecule is CCC(NCCCC1CCCCC1)C1(C)C=CCCC1. The molecule has 0 amide bonds. The molecular formula is C19H35N. The van der Waals surface area contributed by atoms with Crippen LogP contribution >= 0.6 is 0 Å². The number of hydrogen-bond donors (Lipinski definition) is 1. The molecule has 0 heterocycles. The highest BCUT2D eigenvalue weighted by molar-refractivity contribution is 5.06. The van der Waals surface area contributed by atoms with E-state index in [0.717, 1.165) is 5.92 Å². The molecule has 0 spiro atoms. The average Bonchev–Trinajstić information content (AvgIpc) is 2.49. The van der Waals surface area contributed by atoms with Crippen LogP contribution in [0.2, 0.25) is 0 Å². The molecule has 0 bridgehead atoms. The van der Waals surface area contributed by atoms with E-state index in [-0.39, 0.29) is 0 Å². The highest BCUT2D eigenvalue weighted by Gasteiger charge is 2.30. The van der Waals surface area contributed by atoms with Crippen molar-refractivity contribution in [2.75, 3.05) is 6.54 Å². The van der Waals surface area contributed by atoms with E-state index >= 15 is 0 Å². The molecule has 2 unspecified atom stereocenters. The number of rotatable bonds is 7. The second-order valence-electron chi connectivity index (χ2n) is 7.36. The fourth-order valence-corrected chi connectivity index (χ4v) is 4.31. The van der Waals surface area contributed by atoms with Gasteiger partial charge in [-0.25, -0.2) is 0 Å². The Kier molecular flexibility index (Phi) is 6.61. The standard InChI is InChI=1S/C19H35N/c1-3-18(19(2)14-8-5-9-15-19)20-16-10-13-17-11-6-4-7-12-17/h8,14,17-18,20H,3-7,9-13,15-16H2,1-2H3. The van der Waals surface area contributed by atoms with E-state index in [4.69, 9.17) is 0 Å². The van der Waals surface area contributed by atoms with Crippen LogP contribution in [0.25, 0.3) is 0 Å². The summed E-state index contributed by atoms with van der Waals surface area (Å²) in [4.78, 5) is 0. The predicted molar refractivity (Wildman–Crippen MR) is 89.0 cm³/mol. The summed E-state index contributed by atoms with van der Waals surface area (Å²) in [6, 6.07) is 0.672. The fourth-order valence-electron chi connectivity index (χ4n) is 4.31. The van der Waals surface area contributed by atoms with Crippen molar-refractivity contribution < 1.29 is 0 Å². The lowest BCUT2D eigenvalue weighted by atomic mass is 9.74. The largest absolute Gasteiger partial charge is 0.313 e. The quantitative estimate of drug-likeness (QED) is 0.481. The van der Waals surface area contributed by atoms with E-state index in [2.05, 4.69) is 31.3 Å². The maximum Gasteiger partial charge on any atom is 0.0153 e. The van der Waals surface area contributed by atoms with Crippen molar-refractivity contribution in [3.05, 3.63) is 12.2 Å². The average molecular weight is 277 g/mol. The van der Waals surface area contributed by atoms with Crippen molar-refractivity contribution in [3.63, 3.8) is 0 Å². The minimum atomic E-state index is 0.401. The summed E-state index contributed by atoms with van der Waals surface area (Å²) in [5, 5.41) is 3.87. The summed E-state index contributed by atoms with van der Waals surface area (Å²) in [7, 11) is 0. The normalized spacial score (nSPS) is 29.5. The summed E-state index contributed by atoms with van der Waals surface area (Å²) < 4.78 is 0. The maximum atomic E-state index is 3.87. The second-order valence-corrected chi connectivity index (χ2v) is 7.36. The first-order valence-corrected chi connectivity index (χ1v) is 9.15. The summed E-state index contributed by atoms with van der Waals surface area (Å²) in [6.45, 7) is 6.01. The van der Waals surface area contributed by atoms with E-state index < -0.39 is 0 Å². The summed E-state index contributed by atoms with van der Waals surface area (Å²) in [6.07, 6.45) is 20.4. The van der Waals surface area contributed by atoms with Gasteiger partial charge in [-0.1, -0.05) is 58.1 Å². The molecule has 1 N–H and O–H groups in total. The molecule has 2 rings (SSSR count). The molecule has 1 saturated carbocycles. The lowest BCUT2D eigenvalue weighted by Crippen LogP contribution is -2.43. The van der Waals surface area contributed by atoms with Gasteiger partial charge in [0.05, 0.1) is 0 Å². The van der Waals surface area contributed by atoms with Crippen LogP contribution in [0.15, 0.2) is 12.2 Å². The van der Waals surface area contributed by atoms with Crippen molar-refractivity contribution in [2.24, 2.45) is 11.3 Å². The molecule has 2 aliphatic carbocycles. The molecule has 0 aliphatic heterocycles. The molecule has 20 heavy (non-hydrogen) atoms. The Hall–Kier alpha value is -0.300. The van der Waals surface area contributed by atoms with Crippen molar-refractivity contribution in [3.8, 4) is 0 Å². The monoisotopic (exact) mass is 277 g/mol. The van der Waals surface area contributed by atoms with E-state index in [9.17, 15) is 0 Å². The molecule has 0 aromatic heterocycles. The van der Waals surface area contributed by atoms with Gasteiger partial charge < -0.3 is 5.32 Å². The summed E-state index contributed by atoms with van der Waals surface area (Å²) in [5.74, 6) is 1.04. The van der Waals surface area contributed by atoms with Gasteiger partial charge in [0.1, 0.15) is 0 Å². The van der Waals surface area contributed by atoms with Gasteiger partial charge in [0, 0.05) is 11.5 Å². The maximum absolute atomic E-state index is 3.87. The topological polar surface area (TPSA) is 12.0 Å². The van der Waals surface area contributed by atoms with Crippen LogP contribution in [0.5, 0.6) is 0 Å². The molecular weight excluding hydrogens is 242 g/mol. The third-order valence-electron chi connectivity index (χ3n) is 5.69. The van der Waals surface area contributed by atoms with Gasteiger partial charge in [-0.05, 0) is 51.0 Å². The van der Waals surface area contributed by atoms with Gasteiger partial charge in [-0.2, -0.15) is 0 Å². The van der Waals surface area contributed by atoms with Gasteiger partial charge in [0.25, 0.3) is 0 Å². The van der Waals surface area contributed by atoms with E-state index in [1.54, 1.807) is 0 Å². The van der Waals surface area contributed by atoms with E-state index in [1.807, 2.05) is 0 Å². The summed E-state index contributed by atoms with van der Waals surface area (Å²) in [5.41, 5.74) is 0.401. The Morgan fingerprint density at radius 1 is 1.20 bits per heavy atom. The number of hydrogen-bond acceptors (Lipinski definition) is 1. The third kappa shape index (κ3) is 4.62. The van der Waals surface area contributed by atoms with Crippen LogP contribution in [-0.2, 0) is 0 Å². The zero-order valence-corrected chi connectivity index (χ0v) is 13.8. The van der Waals surface area contributed by atoms with Gasteiger partial charge >= 0.3 is 0 Å².